The second kappa shape index (κ2) is 10.5. The molecule has 1 aliphatic rings. The molecule has 0 aliphatic carbocycles. The molecule has 5 aromatic rings. The van der Waals surface area contributed by atoms with Crippen LogP contribution in [0.3, 0.4) is 0 Å². The fraction of sp³-hybridized carbons (Fsp3) is 0.267. The molecule has 0 unspecified atom stereocenters. The van der Waals surface area contributed by atoms with Gasteiger partial charge in [-0.15, -0.1) is 0 Å². The molecule has 2 aromatic carbocycles. The second-order valence-electron chi connectivity index (χ2n) is 9.88. The Morgan fingerprint density at radius 1 is 1.00 bits per heavy atom. The quantitative estimate of drug-likeness (QED) is 0.220. The number of halogens is 1. The standard InChI is InChI=1S/C30H26FN3O6/c1-38-25-9-5-20(17-32-25)26(35)19-4-8-23-24(16-19)34(28-27(23)39-29(36)30(37)40-28)22-11-14-33(15-12-22)13-10-18-2-6-21(31)7-3-18/h2-9,16-17,22H,10-15H2,1H3. The zero-order valence-electron chi connectivity index (χ0n) is 21.8. The molecule has 0 atom stereocenters. The molecule has 9 nitrogen and oxygen atoms in total. The number of carbonyl (C=O) groups excluding carboxylic acids is 1. The Morgan fingerprint density at radius 2 is 1.73 bits per heavy atom. The number of benzene rings is 2. The van der Waals surface area contributed by atoms with Crippen molar-refractivity contribution in [1.29, 1.82) is 0 Å². The van der Waals surface area contributed by atoms with E-state index in [4.69, 9.17) is 13.6 Å². The van der Waals surface area contributed by atoms with Crippen molar-refractivity contribution in [3.05, 3.63) is 104 Å². The van der Waals surface area contributed by atoms with Crippen molar-refractivity contribution >= 4 is 28.0 Å². The van der Waals surface area contributed by atoms with Crippen molar-refractivity contribution in [1.82, 2.24) is 14.5 Å². The van der Waals surface area contributed by atoms with Gasteiger partial charge in [-0.3, -0.25) is 4.79 Å². The van der Waals surface area contributed by atoms with Crippen LogP contribution in [0.15, 0.2) is 79.2 Å². The van der Waals surface area contributed by atoms with Gasteiger partial charge in [0.25, 0.3) is 0 Å². The highest BCUT2D eigenvalue weighted by Gasteiger charge is 2.27. The van der Waals surface area contributed by atoms with Crippen molar-refractivity contribution in [3.8, 4) is 5.88 Å². The number of rotatable bonds is 7. The van der Waals surface area contributed by atoms with Crippen LogP contribution in [0.5, 0.6) is 5.88 Å². The van der Waals surface area contributed by atoms with Crippen LogP contribution in [0.4, 0.5) is 4.39 Å². The van der Waals surface area contributed by atoms with E-state index in [1.54, 1.807) is 42.5 Å². The number of methoxy groups -OCH3 is 1. The molecule has 40 heavy (non-hydrogen) atoms. The van der Waals surface area contributed by atoms with Gasteiger partial charge in [0.05, 0.1) is 12.6 Å². The molecule has 0 amide bonds. The number of hydrogen-bond acceptors (Lipinski definition) is 8. The van der Waals surface area contributed by atoms with Gasteiger partial charge in [0.2, 0.25) is 17.2 Å². The van der Waals surface area contributed by atoms with Gasteiger partial charge >= 0.3 is 11.3 Å². The van der Waals surface area contributed by atoms with Crippen LogP contribution >= 0.6 is 0 Å². The Morgan fingerprint density at radius 3 is 2.42 bits per heavy atom. The highest BCUT2D eigenvalue weighted by molar-refractivity contribution is 6.12. The molecule has 1 fully saturated rings. The van der Waals surface area contributed by atoms with Gasteiger partial charge in [0.1, 0.15) is 5.82 Å². The highest BCUT2D eigenvalue weighted by Crippen LogP contribution is 2.35. The first-order valence-corrected chi connectivity index (χ1v) is 13.0. The third-order valence-corrected chi connectivity index (χ3v) is 7.49. The smallest absolute Gasteiger partial charge is 0.424 e. The SMILES string of the molecule is COc1ccc(C(=O)c2ccc3c4oc(=O)c(=O)oc4n(C4CCN(CCc5ccc(F)cc5)CC4)c3c2)cn1. The van der Waals surface area contributed by atoms with Crippen LogP contribution in [-0.4, -0.2) is 47.0 Å². The summed E-state index contributed by atoms with van der Waals surface area (Å²) in [4.78, 5) is 44.0. The van der Waals surface area contributed by atoms with Crippen LogP contribution in [0.1, 0.15) is 40.4 Å². The van der Waals surface area contributed by atoms with Crippen molar-refractivity contribution in [2.45, 2.75) is 25.3 Å². The van der Waals surface area contributed by atoms with E-state index in [-0.39, 0.29) is 28.9 Å². The van der Waals surface area contributed by atoms with Crippen LogP contribution < -0.4 is 16.0 Å². The topological polar surface area (TPSA) is 108 Å². The van der Waals surface area contributed by atoms with Crippen molar-refractivity contribution < 1.29 is 22.8 Å². The summed E-state index contributed by atoms with van der Waals surface area (Å²) in [7, 11) is 1.50. The van der Waals surface area contributed by atoms with Gasteiger partial charge in [-0.05, 0) is 55.2 Å². The normalized spacial score (nSPS) is 14.7. The van der Waals surface area contributed by atoms with E-state index in [1.165, 1.54) is 25.4 Å². The molecule has 4 heterocycles. The maximum Gasteiger partial charge on any atom is 0.424 e. The highest BCUT2D eigenvalue weighted by atomic mass is 19.1. The average Bonchev–Trinajstić information content (AvgIpc) is 3.29. The van der Waals surface area contributed by atoms with E-state index in [0.717, 1.165) is 44.5 Å². The molecule has 10 heteroatoms. The summed E-state index contributed by atoms with van der Waals surface area (Å²) in [5.74, 6) is -0.0719. The number of piperidine rings is 1. The third kappa shape index (κ3) is 4.82. The average molecular weight is 544 g/mol. The number of aromatic nitrogens is 2. The van der Waals surface area contributed by atoms with Gasteiger partial charge in [0.15, 0.2) is 5.78 Å². The molecule has 1 aliphatic heterocycles. The van der Waals surface area contributed by atoms with Crippen molar-refractivity contribution in [2.24, 2.45) is 0 Å². The molecular formula is C30H26FN3O6. The van der Waals surface area contributed by atoms with Gasteiger partial charge in [-0.2, -0.15) is 0 Å². The van der Waals surface area contributed by atoms with E-state index in [9.17, 15) is 18.8 Å². The first kappa shape index (κ1) is 25.7. The molecule has 1 saturated heterocycles. The molecule has 0 N–H and O–H groups in total. The third-order valence-electron chi connectivity index (χ3n) is 7.49. The van der Waals surface area contributed by atoms with Crippen LogP contribution in [0.25, 0.3) is 22.2 Å². The van der Waals surface area contributed by atoms with Crippen molar-refractivity contribution in [3.63, 3.8) is 0 Å². The fourth-order valence-electron chi connectivity index (χ4n) is 5.36. The van der Waals surface area contributed by atoms with E-state index < -0.39 is 11.3 Å². The zero-order chi connectivity index (χ0) is 27.8. The largest absolute Gasteiger partial charge is 0.481 e. The number of fused-ring (bicyclic) bond motifs is 3. The number of pyridine rings is 1. The molecule has 0 spiro atoms. The minimum Gasteiger partial charge on any atom is -0.481 e. The molecule has 204 valence electrons. The monoisotopic (exact) mass is 543 g/mol. The van der Waals surface area contributed by atoms with E-state index in [0.29, 0.717) is 27.9 Å². The Labute approximate surface area is 227 Å². The molecular weight excluding hydrogens is 517 g/mol. The summed E-state index contributed by atoms with van der Waals surface area (Å²) in [6.07, 6.45) is 3.78. The first-order chi connectivity index (χ1) is 19.4. The lowest BCUT2D eigenvalue weighted by atomic mass is 10.0. The Hall–Kier alpha value is -4.57. The fourth-order valence-corrected chi connectivity index (χ4v) is 5.36. The van der Waals surface area contributed by atoms with E-state index in [2.05, 4.69) is 9.88 Å². The van der Waals surface area contributed by atoms with Crippen LogP contribution in [0.2, 0.25) is 0 Å². The maximum absolute atomic E-state index is 13.3. The van der Waals surface area contributed by atoms with Crippen molar-refractivity contribution in [2.75, 3.05) is 26.7 Å². The number of likely N-dealkylation sites (tertiary alicyclic amines) is 1. The Bertz CT molecular complexity index is 1810. The van der Waals surface area contributed by atoms with E-state index in [1.807, 2.05) is 4.57 Å². The summed E-state index contributed by atoms with van der Waals surface area (Å²) >= 11 is 0. The predicted molar refractivity (Wildman–Crippen MR) is 146 cm³/mol. The number of ether oxygens (including phenoxy) is 1. The summed E-state index contributed by atoms with van der Waals surface area (Å²) < 4.78 is 31.0. The summed E-state index contributed by atoms with van der Waals surface area (Å²) in [5, 5.41) is 0.582. The van der Waals surface area contributed by atoms with Gasteiger partial charge in [0, 0.05) is 54.5 Å². The maximum atomic E-state index is 13.3. The molecule has 6 rings (SSSR count). The van der Waals surface area contributed by atoms with Crippen LogP contribution in [0, 0.1) is 5.82 Å². The lowest BCUT2D eigenvalue weighted by Crippen LogP contribution is -2.36. The van der Waals surface area contributed by atoms with Gasteiger partial charge in [-0.25, -0.2) is 19.0 Å². The molecule has 0 bridgehead atoms. The van der Waals surface area contributed by atoms with E-state index >= 15 is 0 Å². The molecule has 0 saturated carbocycles. The number of carbonyl (C=O) groups is 1. The summed E-state index contributed by atoms with van der Waals surface area (Å²) in [6, 6.07) is 14.9. The zero-order valence-corrected chi connectivity index (χ0v) is 21.8. The van der Waals surface area contributed by atoms with Gasteiger partial charge < -0.3 is 23.0 Å². The minimum absolute atomic E-state index is 0.0501. The molecule has 0 radical (unpaired) electrons. The summed E-state index contributed by atoms with van der Waals surface area (Å²) in [5.41, 5.74) is 0.751. The molecule has 3 aromatic heterocycles. The first-order valence-electron chi connectivity index (χ1n) is 13.0. The van der Waals surface area contributed by atoms with Crippen LogP contribution in [-0.2, 0) is 6.42 Å². The predicted octanol–water partition coefficient (Wildman–Crippen LogP) is 4.35. The lowest BCUT2D eigenvalue weighted by molar-refractivity contribution is 0.103. The number of nitrogens with zero attached hydrogens (tertiary/aromatic N) is 3. The number of ketones is 1. The minimum atomic E-state index is -1.08. The van der Waals surface area contributed by atoms with Gasteiger partial charge in [-0.1, -0.05) is 18.2 Å². The number of hydrogen-bond donors (Lipinski definition) is 0. The summed E-state index contributed by atoms with van der Waals surface area (Å²) in [6.45, 7) is 2.43. The lowest BCUT2D eigenvalue weighted by Gasteiger charge is -2.33. The second-order valence-corrected chi connectivity index (χ2v) is 9.88. The Balaban J connectivity index is 1.31. The Kier molecular flexibility index (Phi) is 6.77.